The summed E-state index contributed by atoms with van der Waals surface area (Å²) >= 11 is 0. The van der Waals surface area contributed by atoms with Crippen LogP contribution in [-0.4, -0.2) is 24.4 Å². The summed E-state index contributed by atoms with van der Waals surface area (Å²) in [6, 6.07) is -0.141. The molecule has 5 heteroatoms. The van der Waals surface area contributed by atoms with Crippen molar-refractivity contribution in [3.8, 4) is 0 Å². The van der Waals surface area contributed by atoms with Crippen molar-refractivity contribution in [1.82, 2.24) is 5.32 Å². The smallest absolute Gasteiger partial charge is 0.236 e. The molecule has 0 bridgehead atoms. The average Bonchev–Trinajstić information content (AvgIpc) is 2.00. The lowest BCUT2D eigenvalue weighted by molar-refractivity contribution is -0.125. The van der Waals surface area contributed by atoms with Crippen LogP contribution in [0.25, 0.3) is 0 Å². The van der Waals surface area contributed by atoms with Crippen molar-refractivity contribution in [3.05, 3.63) is 0 Å². The average molecular weight is 173 g/mol. The number of hydrogen-bond donors (Lipinski definition) is 3. The first-order chi connectivity index (χ1) is 5.56. The normalized spacial score (nSPS) is 12.2. The second kappa shape index (κ2) is 5.54. The number of carbonyl (C=O) groups is 2. The topological polar surface area (TPSA) is 98.2 Å². The van der Waals surface area contributed by atoms with Crippen LogP contribution in [0.4, 0.5) is 0 Å². The van der Waals surface area contributed by atoms with E-state index in [2.05, 4.69) is 5.32 Å². The predicted octanol–water partition coefficient (Wildman–Crippen LogP) is -1.28. The number of nitrogens with two attached hydrogens (primary N) is 2. The molecule has 0 rings (SSSR count). The molecule has 1 atom stereocenters. The van der Waals surface area contributed by atoms with Crippen LogP contribution in [0.15, 0.2) is 0 Å². The zero-order valence-electron chi connectivity index (χ0n) is 7.17. The Balaban J connectivity index is 3.53. The van der Waals surface area contributed by atoms with E-state index in [1.165, 1.54) is 0 Å². The summed E-state index contributed by atoms with van der Waals surface area (Å²) in [4.78, 5) is 21.2. The number of rotatable bonds is 5. The number of hydrogen-bond acceptors (Lipinski definition) is 3. The Hall–Kier alpha value is -1.10. The Morgan fingerprint density at radius 3 is 2.50 bits per heavy atom. The van der Waals surface area contributed by atoms with Gasteiger partial charge in [0, 0.05) is 12.5 Å². The van der Waals surface area contributed by atoms with Crippen LogP contribution in [0, 0.1) is 0 Å². The zero-order chi connectivity index (χ0) is 9.56. The molecule has 1 unspecified atom stereocenters. The van der Waals surface area contributed by atoms with Gasteiger partial charge in [-0.05, 0) is 6.42 Å². The lowest BCUT2D eigenvalue weighted by Gasteiger charge is -2.07. The Morgan fingerprint density at radius 2 is 2.08 bits per heavy atom. The fourth-order valence-corrected chi connectivity index (χ4v) is 0.640. The van der Waals surface area contributed by atoms with Gasteiger partial charge in [0.05, 0.1) is 6.54 Å². The third kappa shape index (κ3) is 5.67. The monoisotopic (exact) mass is 173 g/mol. The Labute approximate surface area is 71.5 Å². The van der Waals surface area contributed by atoms with E-state index in [1.54, 1.807) is 0 Å². The fourth-order valence-electron chi connectivity index (χ4n) is 0.640. The summed E-state index contributed by atoms with van der Waals surface area (Å²) in [6.07, 6.45) is 0.980. The minimum Gasteiger partial charge on any atom is -0.368 e. The predicted molar refractivity (Wildman–Crippen MR) is 45.1 cm³/mol. The second-order valence-electron chi connectivity index (χ2n) is 2.62. The highest BCUT2D eigenvalue weighted by Gasteiger charge is 2.07. The summed E-state index contributed by atoms with van der Waals surface area (Å²) in [6.45, 7) is 1.78. The summed E-state index contributed by atoms with van der Waals surface area (Å²) < 4.78 is 0. The van der Waals surface area contributed by atoms with E-state index in [0.29, 0.717) is 0 Å². The zero-order valence-corrected chi connectivity index (χ0v) is 7.17. The van der Waals surface area contributed by atoms with Crippen molar-refractivity contribution >= 4 is 11.8 Å². The molecule has 0 aliphatic rings. The van der Waals surface area contributed by atoms with Crippen LogP contribution in [0.5, 0.6) is 0 Å². The Kier molecular flexibility index (Phi) is 5.03. The highest BCUT2D eigenvalue weighted by molar-refractivity contribution is 5.83. The molecule has 0 saturated carbocycles. The van der Waals surface area contributed by atoms with Crippen LogP contribution in [-0.2, 0) is 9.59 Å². The van der Waals surface area contributed by atoms with E-state index in [4.69, 9.17) is 11.5 Å². The van der Waals surface area contributed by atoms with Gasteiger partial charge in [0.15, 0.2) is 0 Å². The van der Waals surface area contributed by atoms with E-state index in [-0.39, 0.29) is 24.9 Å². The van der Waals surface area contributed by atoms with E-state index >= 15 is 0 Å². The van der Waals surface area contributed by atoms with Gasteiger partial charge in [-0.3, -0.25) is 9.59 Å². The van der Waals surface area contributed by atoms with Gasteiger partial charge < -0.3 is 16.8 Å². The summed E-state index contributed by atoms with van der Waals surface area (Å²) in [5.74, 6) is -0.781. The van der Waals surface area contributed by atoms with Crippen LogP contribution in [0.1, 0.15) is 19.8 Å². The number of nitrogens with one attached hydrogen (secondary N) is 1. The van der Waals surface area contributed by atoms with E-state index in [9.17, 15) is 9.59 Å². The summed E-state index contributed by atoms with van der Waals surface area (Å²) in [5.41, 5.74) is 10.3. The molecule has 0 spiro atoms. The summed E-state index contributed by atoms with van der Waals surface area (Å²) in [7, 11) is 0. The molecule has 0 aromatic rings. The van der Waals surface area contributed by atoms with Crippen molar-refractivity contribution in [2.75, 3.05) is 6.54 Å². The second-order valence-corrected chi connectivity index (χ2v) is 2.62. The van der Waals surface area contributed by atoms with Gasteiger partial charge in [0.25, 0.3) is 0 Å². The van der Waals surface area contributed by atoms with E-state index in [0.717, 1.165) is 6.42 Å². The van der Waals surface area contributed by atoms with E-state index < -0.39 is 5.91 Å². The number of amides is 2. The first kappa shape index (κ1) is 10.9. The summed E-state index contributed by atoms with van der Waals surface area (Å²) in [5, 5.41) is 2.35. The van der Waals surface area contributed by atoms with E-state index in [1.807, 2.05) is 6.92 Å². The third-order valence-corrected chi connectivity index (χ3v) is 1.43. The molecule has 12 heavy (non-hydrogen) atoms. The largest absolute Gasteiger partial charge is 0.368 e. The molecule has 70 valence electrons. The molecule has 0 aromatic heterocycles. The van der Waals surface area contributed by atoms with Crippen LogP contribution >= 0.6 is 0 Å². The van der Waals surface area contributed by atoms with Crippen molar-refractivity contribution in [1.29, 1.82) is 0 Å². The van der Waals surface area contributed by atoms with Gasteiger partial charge in [-0.15, -0.1) is 0 Å². The highest BCUT2D eigenvalue weighted by Crippen LogP contribution is 1.91. The molecule has 5 N–H and O–H groups in total. The van der Waals surface area contributed by atoms with Gasteiger partial charge in [-0.25, -0.2) is 0 Å². The molecule has 0 fully saturated rings. The minimum atomic E-state index is -0.548. The van der Waals surface area contributed by atoms with Gasteiger partial charge in [0.2, 0.25) is 11.8 Å². The Bertz CT molecular complexity index is 170. The fraction of sp³-hybridized carbons (Fsp3) is 0.714. The standard InChI is InChI=1S/C7H15N3O2/c1-2-5(8)3-7(12)10-4-6(9)11/h5H,2-4,8H2,1H3,(H2,9,11)(H,10,12). The van der Waals surface area contributed by atoms with Crippen LogP contribution < -0.4 is 16.8 Å². The number of primary amides is 1. The molecular formula is C7H15N3O2. The van der Waals surface area contributed by atoms with Crippen molar-refractivity contribution < 1.29 is 9.59 Å². The molecule has 0 aliphatic carbocycles. The maximum absolute atomic E-state index is 10.9. The van der Waals surface area contributed by atoms with Gasteiger partial charge in [-0.1, -0.05) is 6.92 Å². The van der Waals surface area contributed by atoms with Gasteiger partial charge >= 0.3 is 0 Å². The van der Waals surface area contributed by atoms with Crippen LogP contribution in [0.3, 0.4) is 0 Å². The molecular weight excluding hydrogens is 158 g/mol. The Morgan fingerprint density at radius 1 is 1.50 bits per heavy atom. The molecule has 0 aliphatic heterocycles. The maximum Gasteiger partial charge on any atom is 0.236 e. The van der Waals surface area contributed by atoms with Crippen molar-refractivity contribution in [2.24, 2.45) is 11.5 Å². The molecule has 5 nitrogen and oxygen atoms in total. The molecule has 0 heterocycles. The van der Waals surface area contributed by atoms with Gasteiger partial charge in [-0.2, -0.15) is 0 Å². The van der Waals surface area contributed by atoms with Crippen LogP contribution in [0.2, 0.25) is 0 Å². The first-order valence-corrected chi connectivity index (χ1v) is 3.86. The third-order valence-electron chi connectivity index (χ3n) is 1.43. The maximum atomic E-state index is 10.9. The molecule has 0 aromatic carbocycles. The first-order valence-electron chi connectivity index (χ1n) is 3.86. The quantitative estimate of drug-likeness (QED) is 0.482. The lowest BCUT2D eigenvalue weighted by atomic mass is 10.1. The highest BCUT2D eigenvalue weighted by atomic mass is 16.2. The number of carbonyl (C=O) groups excluding carboxylic acids is 2. The van der Waals surface area contributed by atoms with Crippen molar-refractivity contribution in [2.45, 2.75) is 25.8 Å². The molecule has 0 saturated heterocycles. The SMILES string of the molecule is CCC(N)CC(=O)NCC(N)=O. The molecule has 0 radical (unpaired) electrons. The minimum absolute atomic E-state index is 0.116. The lowest BCUT2D eigenvalue weighted by Crippen LogP contribution is -2.36. The van der Waals surface area contributed by atoms with Gasteiger partial charge in [0.1, 0.15) is 0 Å². The van der Waals surface area contributed by atoms with Crippen molar-refractivity contribution in [3.63, 3.8) is 0 Å². The molecule has 2 amide bonds.